The zero-order valence-electron chi connectivity index (χ0n) is 11.3. The van der Waals surface area contributed by atoms with Crippen molar-refractivity contribution in [3.63, 3.8) is 0 Å². The van der Waals surface area contributed by atoms with Gasteiger partial charge in [0.2, 0.25) is 11.7 Å². The van der Waals surface area contributed by atoms with E-state index in [1.807, 2.05) is 24.3 Å². The summed E-state index contributed by atoms with van der Waals surface area (Å²) >= 11 is 3.38. The third-order valence-corrected chi connectivity index (χ3v) is 3.72. The van der Waals surface area contributed by atoms with Gasteiger partial charge in [0.25, 0.3) is 0 Å². The molecule has 21 heavy (non-hydrogen) atoms. The smallest absolute Gasteiger partial charge is 0.246 e. The van der Waals surface area contributed by atoms with Crippen LogP contribution in [0.3, 0.4) is 0 Å². The molecule has 0 N–H and O–H groups in total. The van der Waals surface area contributed by atoms with Gasteiger partial charge in [-0.2, -0.15) is 4.80 Å². The van der Waals surface area contributed by atoms with E-state index in [1.165, 1.54) is 4.80 Å². The fraction of sp³-hybridized carbons (Fsp3) is 0.385. The number of carbonyl (C=O) groups is 1. The van der Waals surface area contributed by atoms with E-state index in [-0.39, 0.29) is 12.5 Å². The maximum atomic E-state index is 12.1. The van der Waals surface area contributed by atoms with Crippen molar-refractivity contribution in [3.8, 4) is 11.4 Å². The van der Waals surface area contributed by atoms with Gasteiger partial charge in [0, 0.05) is 23.1 Å². The number of tetrazole rings is 1. The second-order valence-electron chi connectivity index (χ2n) is 4.64. The first-order valence-electron chi connectivity index (χ1n) is 6.61. The highest BCUT2D eigenvalue weighted by Gasteiger charge is 2.18. The Balaban J connectivity index is 1.67. The zero-order chi connectivity index (χ0) is 14.7. The Labute approximate surface area is 130 Å². The number of rotatable bonds is 3. The predicted octanol–water partition coefficient (Wildman–Crippen LogP) is 0.961. The highest BCUT2D eigenvalue weighted by atomic mass is 79.9. The Morgan fingerprint density at radius 2 is 1.95 bits per heavy atom. The quantitative estimate of drug-likeness (QED) is 0.823. The molecule has 1 saturated heterocycles. The number of hydrogen-bond acceptors (Lipinski definition) is 5. The average molecular weight is 352 g/mol. The van der Waals surface area contributed by atoms with E-state index in [4.69, 9.17) is 4.74 Å². The molecule has 0 radical (unpaired) electrons. The molecule has 1 amide bonds. The van der Waals surface area contributed by atoms with Crippen LogP contribution in [0.25, 0.3) is 11.4 Å². The van der Waals surface area contributed by atoms with Gasteiger partial charge in [-0.25, -0.2) is 0 Å². The van der Waals surface area contributed by atoms with Crippen LogP contribution < -0.4 is 0 Å². The number of amides is 1. The molecule has 1 aliphatic rings. The molecule has 3 rings (SSSR count). The Bertz CT molecular complexity index is 622. The van der Waals surface area contributed by atoms with Gasteiger partial charge < -0.3 is 9.64 Å². The summed E-state index contributed by atoms with van der Waals surface area (Å²) in [5.41, 5.74) is 0.864. The molecule has 1 fully saturated rings. The maximum Gasteiger partial charge on any atom is 0.246 e. The van der Waals surface area contributed by atoms with Crippen LogP contribution in [-0.2, 0) is 16.1 Å². The van der Waals surface area contributed by atoms with Crippen molar-refractivity contribution in [3.05, 3.63) is 28.7 Å². The maximum absolute atomic E-state index is 12.1. The zero-order valence-corrected chi connectivity index (χ0v) is 12.9. The van der Waals surface area contributed by atoms with Gasteiger partial charge in [-0.1, -0.05) is 15.9 Å². The molecular formula is C13H14BrN5O2. The van der Waals surface area contributed by atoms with E-state index < -0.39 is 0 Å². The molecule has 110 valence electrons. The summed E-state index contributed by atoms with van der Waals surface area (Å²) in [5, 5.41) is 12.2. The number of morpholine rings is 1. The van der Waals surface area contributed by atoms with E-state index in [2.05, 4.69) is 31.3 Å². The number of carbonyl (C=O) groups excluding carboxylic acids is 1. The standard InChI is InChI=1S/C13H14BrN5O2/c14-11-3-1-10(2-4-11)13-15-17-19(16-13)9-12(20)18-5-7-21-8-6-18/h1-4H,5-9H2. The number of benzene rings is 1. The molecule has 8 heteroatoms. The highest BCUT2D eigenvalue weighted by Crippen LogP contribution is 2.17. The molecule has 0 saturated carbocycles. The molecule has 1 aromatic heterocycles. The molecule has 0 spiro atoms. The minimum Gasteiger partial charge on any atom is -0.378 e. The fourth-order valence-electron chi connectivity index (χ4n) is 2.06. The molecule has 0 aliphatic carbocycles. The predicted molar refractivity (Wildman–Crippen MR) is 78.4 cm³/mol. The number of aromatic nitrogens is 4. The van der Waals surface area contributed by atoms with Crippen LogP contribution in [0.1, 0.15) is 0 Å². The highest BCUT2D eigenvalue weighted by molar-refractivity contribution is 9.10. The molecular weight excluding hydrogens is 338 g/mol. The molecule has 0 unspecified atom stereocenters. The van der Waals surface area contributed by atoms with Crippen LogP contribution >= 0.6 is 15.9 Å². The number of ether oxygens (including phenoxy) is 1. The molecule has 0 atom stereocenters. The van der Waals surface area contributed by atoms with Crippen LogP contribution in [0, 0.1) is 0 Å². The monoisotopic (exact) mass is 351 g/mol. The second kappa shape index (κ2) is 6.31. The van der Waals surface area contributed by atoms with Gasteiger partial charge in [0.05, 0.1) is 13.2 Å². The van der Waals surface area contributed by atoms with Crippen molar-refractivity contribution >= 4 is 21.8 Å². The number of halogens is 1. The van der Waals surface area contributed by atoms with E-state index in [0.29, 0.717) is 32.1 Å². The number of hydrogen-bond donors (Lipinski definition) is 0. The summed E-state index contributed by atoms with van der Waals surface area (Å²) in [6, 6.07) is 7.62. The van der Waals surface area contributed by atoms with E-state index in [0.717, 1.165) is 10.0 Å². The van der Waals surface area contributed by atoms with E-state index in [1.54, 1.807) is 4.90 Å². The Morgan fingerprint density at radius 3 is 2.67 bits per heavy atom. The largest absolute Gasteiger partial charge is 0.378 e. The normalized spacial score (nSPS) is 15.2. The average Bonchev–Trinajstić information content (AvgIpc) is 2.97. The lowest BCUT2D eigenvalue weighted by molar-refractivity contribution is -0.136. The second-order valence-corrected chi connectivity index (χ2v) is 5.56. The lowest BCUT2D eigenvalue weighted by Crippen LogP contribution is -2.42. The van der Waals surface area contributed by atoms with Gasteiger partial charge >= 0.3 is 0 Å². The van der Waals surface area contributed by atoms with Crippen LogP contribution in [0.2, 0.25) is 0 Å². The first-order chi connectivity index (χ1) is 10.2. The molecule has 1 aliphatic heterocycles. The van der Waals surface area contributed by atoms with Crippen LogP contribution in [0.15, 0.2) is 28.7 Å². The van der Waals surface area contributed by atoms with E-state index >= 15 is 0 Å². The first-order valence-corrected chi connectivity index (χ1v) is 7.41. The lowest BCUT2D eigenvalue weighted by atomic mass is 10.2. The van der Waals surface area contributed by atoms with Crippen LogP contribution in [0.4, 0.5) is 0 Å². The fourth-order valence-corrected chi connectivity index (χ4v) is 2.32. The summed E-state index contributed by atoms with van der Waals surface area (Å²) < 4.78 is 6.21. The van der Waals surface area contributed by atoms with Gasteiger partial charge in [-0.3, -0.25) is 4.79 Å². The van der Waals surface area contributed by atoms with E-state index in [9.17, 15) is 4.79 Å². The van der Waals surface area contributed by atoms with Gasteiger partial charge in [-0.15, -0.1) is 10.2 Å². The lowest BCUT2D eigenvalue weighted by Gasteiger charge is -2.26. The molecule has 2 aromatic rings. The van der Waals surface area contributed by atoms with Crippen LogP contribution in [-0.4, -0.2) is 57.3 Å². The molecule has 2 heterocycles. The summed E-state index contributed by atoms with van der Waals surface area (Å²) in [6.07, 6.45) is 0. The van der Waals surface area contributed by atoms with Gasteiger partial charge in [0.1, 0.15) is 6.54 Å². The minimum atomic E-state index is -0.0157. The minimum absolute atomic E-state index is 0.0157. The molecule has 0 bridgehead atoms. The molecule has 7 nitrogen and oxygen atoms in total. The summed E-state index contributed by atoms with van der Waals surface area (Å²) in [4.78, 5) is 15.2. The van der Waals surface area contributed by atoms with Crippen molar-refractivity contribution in [2.45, 2.75) is 6.54 Å². The van der Waals surface area contributed by atoms with Gasteiger partial charge in [-0.05, 0) is 29.5 Å². The summed E-state index contributed by atoms with van der Waals surface area (Å²) in [6.45, 7) is 2.51. The van der Waals surface area contributed by atoms with Crippen LogP contribution in [0.5, 0.6) is 0 Å². The third-order valence-electron chi connectivity index (χ3n) is 3.20. The summed E-state index contributed by atoms with van der Waals surface area (Å²) in [5.74, 6) is 0.496. The Morgan fingerprint density at radius 1 is 1.24 bits per heavy atom. The Kier molecular flexibility index (Phi) is 4.26. The third kappa shape index (κ3) is 3.45. The SMILES string of the molecule is O=C(Cn1nnc(-c2ccc(Br)cc2)n1)N1CCOCC1. The Hall–Kier alpha value is -1.80. The number of nitrogens with zero attached hydrogens (tertiary/aromatic N) is 5. The van der Waals surface area contributed by atoms with Crippen molar-refractivity contribution in [2.24, 2.45) is 0 Å². The molecule has 1 aromatic carbocycles. The first kappa shape index (κ1) is 14.2. The topological polar surface area (TPSA) is 73.1 Å². The van der Waals surface area contributed by atoms with Crippen molar-refractivity contribution in [1.82, 2.24) is 25.1 Å². The van der Waals surface area contributed by atoms with Crippen molar-refractivity contribution in [1.29, 1.82) is 0 Å². The van der Waals surface area contributed by atoms with Crippen molar-refractivity contribution < 1.29 is 9.53 Å². The van der Waals surface area contributed by atoms with Crippen molar-refractivity contribution in [2.75, 3.05) is 26.3 Å². The van der Waals surface area contributed by atoms with Gasteiger partial charge in [0.15, 0.2) is 0 Å². The summed E-state index contributed by atoms with van der Waals surface area (Å²) in [7, 11) is 0.